The van der Waals surface area contributed by atoms with Crippen LogP contribution in [0.25, 0.3) is 5.69 Å². The molecule has 0 fully saturated rings. The number of benzene rings is 2. The second kappa shape index (κ2) is 11.9. The lowest BCUT2D eigenvalue weighted by atomic mass is 9.92. The van der Waals surface area contributed by atoms with Crippen LogP contribution in [0.4, 0.5) is 5.82 Å². The van der Waals surface area contributed by atoms with Crippen LogP contribution in [0.2, 0.25) is 0 Å². The van der Waals surface area contributed by atoms with Crippen molar-refractivity contribution in [2.45, 2.75) is 52.9 Å². The Labute approximate surface area is 214 Å². The van der Waals surface area contributed by atoms with E-state index in [-0.39, 0.29) is 29.7 Å². The van der Waals surface area contributed by atoms with Crippen molar-refractivity contribution in [2.24, 2.45) is 5.92 Å². The average molecular weight is 491 g/mol. The van der Waals surface area contributed by atoms with E-state index in [0.717, 1.165) is 22.7 Å². The summed E-state index contributed by atoms with van der Waals surface area (Å²) in [5.41, 5.74) is 2.57. The second-order valence-corrected chi connectivity index (χ2v) is 10.5. The van der Waals surface area contributed by atoms with Crippen molar-refractivity contribution in [1.29, 1.82) is 0 Å². The van der Waals surface area contributed by atoms with Gasteiger partial charge in [0.05, 0.1) is 25.0 Å². The van der Waals surface area contributed by atoms with Crippen molar-refractivity contribution in [3.8, 4) is 11.4 Å². The summed E-state index contributed by atoms with van der Waals surface area (Å²) in [5.74, 6) is 1.28. The summed E-state index contributed by atoms with van der Waals surface area (Å²) in [6, 6.07) is 19.3. The number of hydrogen-bond donors (Lipinski definition) is 1. The third-order valence-electron chi connectivity index (χ3n) is 5.81. The summed E-state index contributed by atoms with van der Waals surface area (Å²) in [7, 11) is 1.62. The second-order valence-electron chi connectivity index (χ2n) is 10.5. The summed E-state index contributed by atoms with van der Waals surface area (Å²) in [5, 5.41) is 7.77. The lowest BCUT2D eigenvalue weighted by molar-refractivity contribution is -0.135. The highest BCUT2D eigenvalue weighted by Gasteiger charge is 2.23. The van der Waals surface area contributed by atoms with Crippen LogP contribution in [0.5, 0.6) is 5.75 Å². The molecule has 2 aromatic carbocycles. The number of methoxy groups -OCH3 is 1. The zero-order chi connectivity index (χ0) is 26.3. The Morgan fingerprint density at radius 3 is 2.31 bits per heavy atom. The first kappa shape index (κ1) is 27.0. The fraction of sp³-hybridized carbons (Fsp3) is 0.414. The molecule has 0 bridgehead atoms. The molecule has 0 atom stereocenters. The van der Waals surface area contributed by atoms with Gasteiger partial charge in [0.1, 0.15) is 11.6 Å². The number of aromatic nitrogens is 2. The molecular formula is C29H38N4O3. The van der Waals surface area contributed by atoms with Gasteiger partial charge in [0.15, 0.2) is 0 Å². The number of amides is 2. The quantitative estimate of drug-likeness (QED) is 0.422. The lowest BCUT2D eigenvalue weighted by Crippen LogP contribution is -2.40. The maximum atomic E-state index is 13.2. The maximum absolute atomic E-state index is 13.2. The standard InChI is InChI=1S/C29H38N4O3/c1-21(2)19-32(28(35)17-12-22-10-8-7-9-11-22)20-27(34)30-26-18-25(29(3,4)5)31-33(26)23-13-15-24(36-6)16-14-23/h7-11,13-16,18,21H,12,17,19-20H2,1-6H3,(H,30,34). The number of carbonyl (C=O) groups is 2. The molecule has 7 heteroatoms. The molecule has 36 heavy (non-hydrogen) atoms. The summed E-state index contributed by atoms with van der Waals surface area (Å²) in [6.07, 6.45) is 1.01. The van der Waals surface area contributed by atoms with Gasteiger partial charge in [-0.2, -0.15) is 5.10 Å². The number of aryl methyl sites for hydroxylation is 1. The van der Waals surface area contributed by atoms with Crippen LogP contribution in [0.3, 0.4) is 0 Å². The minimum atomic E-state index is -0.251. The first-order chi connectivity index (χ1) is 17.1. The molecule has 0 saturated carbocycles. The van der Waals surface area contributed by atoms with Crippen LogP contribution in [0.15, 0.2) is 60.7 Å². The van der Waals surface area contributed by atoms with E-state index in [2.05, 4.69) is 26.1 Å². The van der Waals surface area contributed by atoms with Gasteiger partial charge in [-0.15, -0.1) is 0 Å². The number of nitrogens with zero attached hydrogens (tertiary/aromatic N) is 3. The summed E-state index contributed by atoms with van der Waals surface area (Å²) in [6.45, 7) is 10.8. The van der Waals surface area contributed by atoms with Gasteiger partial charge in [0, 0.05) is 24.4 Å². The Kier molecular flexibility index (Phi) is 8.91. The molecule has 0 radical (unpaired) electrons. The molecule has 1 heterocycles. The highest BCUT2D eigenvalue weighted by Crippen LogP contribution is 2.27. The van der Waals surface area contributed by atoms with E-state index in [1.165, 1.54) is 0 Å². The number of hydrogen-bond acceptors (Lipinski definition) is 4. The van der Waals surface area contributed by atoms with Crippen molar-refractivity contribution >= 4 is 17.6 Å². The number of carbonyl (C=O) groups excluding carboxylic acids is 2. The van der Waals surface area contributed by atoms with Gasteiger partial charge in [-0.05, 0) is 42.2 Å². The van der Waals surface area contributed by atoms with Crippen molar-refractivity contribution < 1.29 is 14.3 Å². The molecule has 1 N–H and O–H groups in total. The number of ether oxygens (including phenoxy) is 1. The summed E-state index contributed by atoms with van der Waals surface area (Å²) >= 11 is 0. The minimum Gasteiger partial charge on any atom is -0.497 e. The number of anilines is 1. The van der Waals surface area contributed by atoms with Gasteiger partial charge in [-0.25, -0.2) is 4.68 Å². The Hall–Kier alpha value is -3.61. The van der Waals surface area contributed by atoms with Crippen molar-refractivity contribution in [1.82, 2.24) is 14.7 Å². The van der Waals surface area contributed by atoms with Gasteiger partial charge in [0.25, 0.3) is 0 Å². The summed E-state index contributed by atoms with van der Waals surface area (Å²) in [4.78, 5) is 27.9. The fourth-order valence-corrected chi connectivity index (χ4v) is 3.86. The Morgan fingerprint density at radius 1 is 1.06 bits per heavy atom. The SMILES string of the molecule is COc1ccc(-n2nc(C(C)(C)C)cc2NC(=O)CN(CC(C)C)C(=O)CCc2ccccc2)cc1. The monoisotopic (exact) mass is 490 g/mol. The third-order valence-corrected chi connectivity index (χ3v) is 5.81. The van der Waals surface area contributed by atoms with E-state index >= 15 is 0 Å². The molecule has 3 aromatic rings. The van der Waals surface area contributed by atoms with Gasteiger partial charge in [-0.3, -0.25) is 9.59 Å². The van der Waals surface area contributed by atoms with Crippen LogP contribution >= 0.6 is 0 Å². The van der Waals surface area contributed by atoms with Crippen molar-refractivity contribution in [3.63, 3.8) is 0 Å². The molecule has 2 amide bonds. The van der Waals surface area contributed by atoms with Crippen molar-refractivity contribution in [3.05, 3.63) is 71.9 Å². The average Bonchev–Trinajstić information content (AvgIpc) is 3.26. The largest absolute Gasteiger partial charge is 0.497 e. The fourth-order valence-electron chi connectivity index (χ4n) is 3.86. The van der Waals surface area contributed by atoms with E-state index in [1.54, 1.807) is 16.7 Å². The van der Waals surface area contributed by atoms with E-state index in [4.69, 9.17) is 9.84 Å². The van der Waals surface area contributed by atoms with E-state index in [0.29, 0.717) is 25.2 Å². The lowest BCUT2D eigenvalue weighted by Gasteiger charge is -2.24. The molecule has 1 aromatic heterocycles. The van der Waals surface area contributed by atoms with Gasteiger partial charge >= 0.3 is 0 Å². The predicted molar refractivity (Wildman–Crippen MR) is 144 cm³/mol. The molecule has 0 spiro atoms. The molecule has 0 unspecified atom stereocenters. The van der Waals surface area contributed by atoms with E-state index in [9.17, 15) is 9.59 Å². The molecule has 0 aliphatic rings. The van der Waals surface area contributed by atoms with Crippen LogP contribution < -0.4 is 10.1 Å². The van der Waals surface area contributed by atoms with Gasteiger partial charge in [-0.1, -0.05) is 65.0 Å². The number of nitrogens with one attached hydrogen (secondary N) is 1. The van der Waals surface area contributed by atoms with Crippen LogP contribution in [0.1, 0.15) is 52.3 Å². The normalized spacial score (nSPS) is 11.4. The van der Waals surface area contributed by atoms with Gasteiger partial charge < -0.3 is 15.0 Å². The van der Waals surface area contributed by atoms with Gasteiger partial charge in [0.2, 0.25) is 11.8 Å². The molecule has 0 aliphatic heterocycles. The Morgan fingerprint density at radius 2 is 1.72 bits per heavy atom. The van der Waals surface area contributed by atoms with E-state index in [1.807, 2.05) is 74.5 Å². The highest BCUT2D eigenvalue weighted by atomic mass is 16.5. The smallest absolute Gasteiger partial charge is 0.245 e. The summed E-state index contributed by atoms with van der Waals surface area (Å²) < 4.78 is 6.99. The third kappa shape index (κ3) is 7.44. The maximum Gasteiger partial charge on any atom is 0.245 e. The van der Waals surface area contributed by atoms with Crippen molar-refractivity contribution in [2.75, 3.05) is 25.5 Å². The van der Waals surface area contributed by atoms with Crippen LogP contribution in [-0.2, 0) is 21.4 Å². The van der Waals surface area contributed by atoms with E-state index < -0.39 is 0 Å². The molecule has 3 rings (SSSR count). The zero-order valence-corrected chi connectivity index (χ0v) is 22.2. The van der Waals surface area contributed by atoms with Crippen LogP contribution in [-0.4, -0.2) is 46.7 Å². The van der Waals surface area contributed by atoms with Crippen LogP contribution in [0, 0.1) is 5.92 Å². The Bertz CT molecular complexity index is 1150. The first-order valence-electron chi connectivity index (χ1n) is 12.4. The molecule has 0 saturated heterocycles. The highest BCUT2D eigenvalue weighted by molar-refractivity contribution is 5.94. The molecular weight excluding hydrogens is 452 g/mol. The first-order valence-corrected chi connectivity index (χ1v) is 12.4. The zero-order valence-electron chi connectivity index (χ0n) is 22.2. The molecule has 192 valence electrons. The minimum absolute atomic E-state index is 0.00948. The Balaban J connectivity index is 1.77. The topological polar surface area (TPSA) is 76.5 Å². The molecule has 0 aliphatic carbocycles. The number of rotatable bonds is 10. The predicted octanol–water partition coefficient (Wildman–Crippen LogP) is 5.23. The molecule has 7 nitrogen and oxygen atoms in total.